The van der Waals surface area contributed by atoms with Crippen molar-refractivity contribution in [1.82, 2.24) is 20.9 Å². The lowest BCUT2D eigenvalue weighted by Crippen LogP contribution is -2.47. The number of nitrogens with zero attached hydrogens (tertiary/aromatic N) is 2. The Morgan fingerprint density at radius 1 is 1.07 bits per heavy atom. The summed E-state index contributed by atoms with van der Waals surface area (Å²) >= 11 is 0. The van der Waals surface area contributed by atoms with Crippen LogP contribution in [0, 0.1) is 11.3 Å². The molecule has 1 saturated heterocycles. The van der Waals surface area contributed by atoms with Crippen molar-refractivity contribution in [3.05, 3.63) is 0 Å². The summed E-state index contributed by atoms with van der Waals surface area (Å²) in [6.45, 7) is 13.8. The molecule has 7 nitrogen and oxygen atoms in total. The van der Waals surface area contributed by atoms with E-state index in [0.29, 0.717) is 13.1 Å². The van der Waals surface area contributed by atoms with E-state index in [4.69, 9.17) is 9.73 Å². The summed E-state index contributed by atoms with van der Waals surface area (Å²) in [5.74, 6) is 0.969. The van der Waals surface area contributed by atoms with Gasteiger partial charge in [0.2, 0.25) is 5.91 Å². The number of aliphatic imine (C=N–C) groups is 1. The van der Waals surface area contributed by atoms with Crippen molar-refractivity contribution in [2.75, 3.05) is 59.0 Å². The first kappa shape index (κ1) is 26.4. The van der Waals surface area contributed by atoms with Crippen LogP contribution in [0.25, 0.3) is 0 Å². The average Bonchev–Trinajstić information content (AvgIpc) is 2.70. The lowest BCUT2D eigenvalue weighted by Gasteiger charge is -2.41. The highest BCUT2D eigenvalue weighted by Gasteiger charge is 2.34. The van der Waals surface area contributed by atoms with Gasteiger partial charge in [-0.3, -0.25) is 14.7 Å². The number of nitrogens with one attached hydrogen (secondary N) is 3. The molecule has 2 rings (SSSR count). The smallest absolute Gasteiger partial charge is 0.222 e. The fraction of sp³-hybridized carbons (Fsp3) is 0.905. The normalized spacial score (nSPS) is 20.1. The molecule has 8 heteroatoms. The number of carbonyl (C=O) groups is 1. The van der Waals surface area contributed by atoms with Crippen molar-refractivity contribution in [1.29, 1.82) is 0 Å². The number of morpholine rings is 1. The Balaban J connectivity index is 0.00000420. The van der Waals surface area contributed by atoms with Gasteiger partial charge in [0.25, 0.3) is 0 Å². The largest absolute Gasteiger partial charge is 0.379 e. The Kier molecular flexibility index (Phi) is 13.1. The zero-order valence-corrected chi connectivity index (χ0v) is 20.9. The van der Waals surface area contributed by atoms with Gasteiger partial charge in [0.1, 0.15) is 0 Å². The summed E-state index contributed by atoms with van der Waals surface area (Å²) < 4.78 is 5.52. The second-order valence-electron chi connectivity index (χ2n) is 8.52. The topological polar surface area (TPSA) is 78.0 Å². The Labute approximate surface area is 194 Å². The number of guanidine groups is 1. The SMILES string of the molecule is CCNC(=NCC1(CN2CCOCC2)CCCCC1)NCCNC(=O)C(C)C.I. The van der Waals surface area contributed by atoms with Crippen molar-refractivity contribution in [3.63, 3.8) is 0 Å². The van der Waals surface area contributed by atoms with Gasteiger partial charge in [-0.25, -0.2) is 0 Å². The molecule has 2 fully saturated rings. The van der Waals surface area contributed by atoms with Crippen LogP contribution < -0.4 is 16.0 Å². The molecule has 0 aromatic carbocycles. The maximum Gasteiger partial charge on any atom is 0.222 e. The van der Waals surface area contributed by atoms with Crippen LogP contribution in [0.5, 0.6) is 0 Å². The molecule has 0 atom stereocenters. The summed E-state index contributed by atoms with van der Waals surface area (Å²) in [7, 11) is 0. The van der Waals surface area contributed by atoms with E-state index in [2.05, 4.69) is 27.8 Å². The van der Waals surface area contributed by atoms with Crippen LogP contribution >= 0.6 is 24.0 Å². The summed E-state index contributed by atoms with van der Waals surface area (Å²) in [5, 5.41) is 9.66. The van der Waals surface area contributed by atoms with Gasteiger partial charge in [0.15, 0.2) is 5.96 Å². The van der Waals surface area contributed by atoms with Gasteiger partial charge in [0.05, 0.1) is 13.2 Å². The third-order valence-electron chi connectivity index (χ3n) is 5.73. The third kappa shape index (κ3) is 9.83. The fourth-order valence-corrected chi connectivity index (χ4v) is 4.06. The lowest BCUT2D eigenvalue weighted by atomic mass is 9.73. The summed E-state index contributed by atoms with van der Waals surface area (Å²) in [4.78, 5) is 19.2. The van der Waals surface area contributed by atoms with Gasteiger partial charge >= 0.3 is 0 Å². The highest BCUT2D eigenvalue weighted by molar-refractivity contribution is 14.0. The Morgan fingerprint density at radius 2 is 1.72 bits per heavy atom. The van der Waals surface area contributed by atoms with Crippen LogP contribution in [0.15, 0.2) is 4.99 Å². The molecule has 0 radical (unpaired) electrons. The molecule has 0 bridgehead atoms. The van der Waals surface area contributed by atoms with Gasteiger partial charge in [-0.1, -0.05) is 33.1 Å². The molecule has 1 aliphatic carbocycles. The molecule has 1 heterocycles. The minimum atomic E-state index is 0. The van der Waals surface area contributed by atoms with E-state index in [1.54, 1.807) is 0 Å². The van der Waals surface area contributed by atoms with Crippen molar-refractivity contribution < 1.29 is 9.53 Å². The monoisotopic (exact) mass is 523 g/mol. The zero-order chi connectivity index (χ0) is 20.2. The standard InChI is InChI=1S/C21H41N5O2.HI/c1-4-22-20(24-11-10-23-19(27)18(2)3)25-16-21(8-6-5-7-9-21)17-26-12-14-28-15-13-26;/h18H,4-17H2,1-3H3,(H,23,27)(H2,22,24,25);1H. The summed E-state index contributed by atoms with van der Waals surface area (Å²) in [5.41, 5.74) is 0.282. The first-order valence-electron chi connectivity index (χ1n) is 11.1. The van der Waals surface area contributed by atoms with Gasteiger partial charge < -0.3 is 20.7 Å². The molecule has 170 valence electrons. The number of amides is 1. The van der Waals surface area contributed by atoms with E-state index in [9.17, 15) is 4.79 Å². The molecule has 0 spiro atoms. The third-order valence-corrected chi connectivity index (χ3v) is 5.73. The van der Waals surface area contributed by atoms with Crippen molar-refractivity contribution in [2.45, 2.75) is 52.9 Å². The number of ether oxygens (including phenoxy) is 1. The minimum absolute atomic E-state index is 0. The lowest BCUT2D eigenvalue weighted by molar-refractivity contribution is -0.123. The number of hydrogen-bond acceptors (Lipinski definition) is 4. The van der Waals surface area contributed by atoms with E-state index < -0.39 is 0 Å². The number of hydrogen-bond donors (Lipinski definition) is 3. The molecule has 29 heavy (non-hydrogen) atoms. The molecule has 3 N–H and O–H groups in total. The molecular weight excluding hydrogens is 481 g/mol. The van der Waals surface area contributed by atoms with Crippen LogP contribution in [0.1, 0.15) is 52.9 Å². The number of carbonyl (C=O) groups excluding carboxylic acids is 1. The van der Waals surface area contributed by atoms with E-state index in [1.165, 1.54) is 32.1 Å². The zero-order valence-electron chi connectivity index (χ0n) is 18.6. The van der Waals surface area contributed by atoms with E-state index in [1.807, 2.05) is 13.8 Å². The van der Waals surface area contributed by atoms with Gasteiger partial charge in [0, 0.05) is 57.1 Å². The van der Waals surface area contributed by atoms with Crippen molar-refractivity contribution in [3.8, 4) is 0 Å². The summed E-state index contributed by atoms with van der Waals surface area (Å²) in [6, 6.07) is 0. The average molecular weight is 524 g/mol. The molecule has 2 aliphatic rings. The Morgan fingerprint density at radius 3 is 2.34 bits per heavy atom. The molecular formula is C21H42IN5O2. The quantitative estimate of drug-likeness (QED) is 0.187. The maximum atomic E-state index is 11.7. The predicted molar refractivity (Wildman–Crippen MR) is 130 cm³/mol. The second kappa shape index (κ2) is 14.4. The Hall–Kier alpha value is -0.610. The number of rotatable bonds is 9. The first-order chi connectivity index (χ1) is 13.5. The fourth-order valence-electron chi connectivity index (χ4n) is 4.06. The van der Waals surface area contributed by atoms with Crippen LogP contribution in [0.4, 0.5) is 0 Å². The number of halogens is 1. The predicted octanol–water partition coefficient (Wildman–Crippen LogP) is 2.21. The highest BCUT2D eigenvalue weighted by atomic mass is 127. The minimum Gasteiger partial charge on any atom is -0.379 e. The van der Waals surface area contributed by atoms with E-state index in [0.717, 1.165) is 51.9 Å². The van der Waals surface area contributed by atoms with Crippen LogP contribution in [-0.4, -0.2) is 75.8 Å². The van der Waals surface area contributed by atoms with Crippen molar-refractivity contribution >= 4 is 35.8 Å². The van der Waals surface area contributed by atoms with Crippen molar-refractivity contribution in [2.24, 2.45) is 16.3 Å². The summed E-state index contributed by atoms with van der Waals surface area (Å²) in [6.07, 6.45) is 6.49. The molecule has 0 aromatic rings. The van der Waals surface area contributed by atoms with Gasteiger partial charge in [-0.15, -0.1) is 24.0 Å². The van der Waals surface area contributed by atoms with E-state index in [-0.39, 0.29) is 41.2 Å². The second-order valence-corrected chi connectivity index (χ2v) is 8.52. The van der Waals surface area contributed by atoms with Crippen LogP contribution in [0.3, 0.4) is 0 Å². The molecule has 1 amide bonds. The Bertz CT molecular complexity index is 489. The van der Waals surface area contributed by atoms with Gasteiger partial charge in [-0.2, -0.15) is 0 Å². The molecule has 0 unspecified atom stereocenters. The van der Waals surface area contributed by atoms with Crippen LogP contribution in [-0.2, 0) is 9.53 Å². The molecule has 1 saturated carbocycles. The maximum absolute atomic E-state index is 11.7. The molecule has 1 aliphatic heterocycles. The van der Waals surface area contributed by atoms with E-state index >= 15 is 0 Å². The highest BCUT2D eigenvalue weighted by Crippen LogP contribution is 2.37. The first-order valence-corrected chi connectivity index (χ1v) is 11.1. The van der Waals surface area contributed by atoms with Gasteiger partial charge in [-0.05, 0) is 19.8 Å². The molecule has 0 aromatic heterocycles. The van der Waals surface area contributed by atoms with Crippen LogP contribution in [0.2, 0.25) is 0 Å².